The second-order valence-electron chi connectivity index (χ2n) is 5.03. The van der Waals surface area contributed by atoms with Gasteiger partial charge in [-0.3, -0.25) is 9.59 Å². The quantitative estimate of drug-likeness (QED) is 0.292. The van der Waals surface area contributed by atoms with E-state index >= 15 is 0 Å². The first-order chi connectivity index (χ1) is 14.0. The molecule has 0 radical (unpaired) electrons. The molecule has 8 nitrogen and oxygen atoms in total. The van der Waals surface area contributed by atoms with E-state index in [9.17, 15) is 9.59 Å². The van der Waals surface area contributed by atoms with E-state index in [1.54, 1.807) is 36.5 Å². The fourth-order valence-corrected chi connectivity index (χ4v) is 2.26. The van der Waals surface area contributed by atoms with Crippen molar-refractivity contribution < 1.29 is 0 Å². The van der Waals surface area contributed by atoms with Crippen LogP contribution in [0.3, 0.4) is 0 Å². The molecule has 4 aromatic heterocycles. The summed E-state index contributed by atoms with van der Waals surface area (Å²) in [4.78, 5) is 29.2. The number of pyridine rings is 2. The average molecular weight is 543 g/mol. The third kappa shape index (κ3) is 8.50. The Bertz CT molecular complexity index is 1100. The van der Waals surface area contributed by atoms with Gasteiger partial charge in [0.2, 0.25) is 0 Å². The summed E-state index contributed by atoms with van der Waals surface area (Å²) in [7, 11) is 0. The van der Waals surface area contributed by atoms with Crippen molar-refractivity contribution in [1.82, 2.24) is 29.9 Å². The highest BCUT2D eigenvalue weighted by atomic mass is 127. The van der Waals surface area contributed by atoms with E-state index in [4.69, 9.17) is 23.2 Å². The summed E-state index contributed by atoms with van der Waals surface area (Å²) in [6.07, 6.45) is 6.27. The Morgan fingerprint density at radius 2 is 1.55 bits per heavy atom. The maximum Gasteiger partial charge on any atom is 0.271 e. The van der Waals surface area contributed by atoms with Crippen LogP contribution in [-0.2, 0) is 0 Å². The number of H-pyrrole nitrogens is 1. The fourth-order valence-electron chi connectivity index (χ4n) is 1.71. The minimum absolute atomic E-state index is 0.164. The first kappa shape index (κ1) is 22.7. The Morgan fingerprint density at radius 3 is 2.00 bits per heavy atom. The van der Waals surface area contributed by atoms with Crippen LogP contribution in [-0.4, -0.2) is 29.9 Å². The van der Waals surface area contributed by atoms with E-state index in [1.165, 1.54) is 35.4 Å². The lowest BCUT2D eigenvalue weighted by Crippen LogP contribution is -2.19. The molecule has 0 bridgehead atoms. The van der Waals surface area contributed by atoms with E-state index in [-0.39, 0.29) is 11.1 Å². The molecular formula is C18H13Cl2IN6O2. The van der Waals surface area contributed by atoms with E-state index in [0.29, 0.717) is 16.0 Å². The Morgan fingerprint density at radius 1 is 0.862 bits per heavy atom. The highest BCUT2D eigenvalue weighted by molar-refractivity contribution is 14.1. The predicted molar refractivity (Wildman–Crippen MR) is 119 cm³/mol. The number of nitrogens with one attached hydrogen (secondary N) is 1. The van der Waals surface area contributed by atoms with Crippen LogP contribution < -0.4 is 11.1 Å². The number of hydrogen-bond donors (Lipinski definition) is 1. The van der Waals surface area contributed by atoms with Crippen LogP contribution in [0.15, 0.2) is 82.9 Å². The standard InChI is InChI=1S/C9H6ClN3O.C5H3ClIN.C4H4N2O/c10-8-4-3-7(6-11-8)13-9(14)2-1-5-12-13;6-5-2-1-4(7)3-8-5;7-4-2-1-3-5-6-4/h1-6H;1-3H;1-3H,(H,6,7). The summed E-state index contributed by atoms with van der Waals surface area (Å²) in [5.74, 6) is 0. The van der Waals surface area contributed by atoms with Crippen LogP contribution in [0.2, 0.25) is 10.3 Å². The molecule has 4 aromatic rings. The van der Waals surface area contributed by atoms with Gasteiger partial charge in [0.25, 0.3) is 11.1 Å². The Balaban J connectivity index is 0.000000170. The summed E-state index contributed by atoms with van der Waals surface area (Å²) in [5.41, 5.74) is 0.235. The number of aromatic amines is 1. The molecule has 0 amide bonds. The molecule has 11 heteroatoms. The van der Waals surface area contributed by atoms with E-state index in [1.807, 2.05) is 6.07 Å². The molecule has 4 rings (SSSR count). The predicted octanol–water partition coefficient (Wildman–Crippen LogP) is 3.39. The number of nitrogens with zero attached hydrogens (tertiary/aromatic N) is 5. The van der Waals surface area contributed by atoms with Gasteiger partial charge in [-0.05, 0) is 59.0 Å². The van der Waals surface area contributed by atoms with Crippen molar-refractivity contribution in [2.45, 2.75) is 0 Å². The van der Waals surface area contributed by atoms with Crippen LogP contribution in [0.25, 0.3) is 5.69 Å². The monoisotopic (exact) mass is 542 g/mol. The Labute approximate surface area is 188 Å². The normalized spacial score (nSPS) is 9.48. The topological polar surface area (TPSA) is 106 Å². The van der Waals surface area contributed by atoms with Crippen LogP contribution in [0.5, 0.6) is 0 Å². The highest BCUT2D eigenvalue weighted by Crippen LogP contribution is 2.07. The smallest absolute Gasteiger partial charge is 0.268 e. The molecule has 0 spiro atoms. The molecule has 0 atom stereocenters. The lowest BCUT2D eigenvalue weighted by atomic mass is 10.4. The van der Waals surface area contributed by atoms with Gasteiger partial charge < -0.3 is 0 Å². The molecule has 148 valence electrons. The van der Waals surface area contributed by atoms with Gasteiger partial charge in [0.15, 0.2) is 0 Å². The summed E-state index contributed by atoms with van der Waals surface area (Å²) < 4.78 is 2.36. The van der Waals surface area contributed by atoms with Gasteiger partial charge in [-0.1, -0.05) is 23.2 Å². The second kappa shape index (κ2) is 12.0. The van der Waals surface area contributed by atoms with Crippen molar-refractivity contribution in [1.29, 1.82) is 0 Å². The van der Waals surface area contributed by atoms with Crippen molar-refractivity contribution in [2.75, 3.05) is 0 Å². The lowest BCUT2D eigenvalue weighted by molar-refractivity contribution is 0.802. The molecule has 29 heavy (non-hydrogen) atoms. The molecule has 1 N–H and O–H groups in total. The average Bonchev–Trinajstić information content (AvgIpc) is 2.73. The van der Waals surface area contributed by atoms with Crippen molar-refractivity contribution in [2.24, 2.45) is 0 Å². The summed E-state index contributed by atoms with van der Waals surface area (Å²) in [6, 6.07) is 13.0. The summed E-state index contributed by atoms with van der Waals surface area (Å²) >= 11 is 13.3. The van der Waals surface area contributed by atoms with Crippen LogP contribution >= 0.6 is 45.8 Å². The maximum atomic E-state index is 11.3. The third-order valence-corrected chi connectivity index (χ3v) is 4.03. The van der Waals surface area contributed by atoms with Gasteiger partial charge in [0.1, 0.15) is 10.3 Å². The van der Waals surface area contributed by atoms with Crippen molar-refractivity contribution in [3.63, 3.8) is 0 Å². The highest BCUT2D eigenvalue weighted by Gasteiger charge is 1.99. The van der Waals surface area contributed by atoms with Crippen LogP contribution in [0.4, 0.5) is 0 Å². The Kier molecular flexibility index (Phi) is 9.41. The molecule has 0 fully saturated rings. The van der Waals surface area contributed by atoms with Gasteiger partial charge in [-0.25, -0.2) is 15.1 Å². The van der Waals surface area contributed by atoms with Crippen molar-refractivity contribution >= 4 is 45.8 Å². The third-order valence-electron chi connectivity index (χ3n) is 2.95. The van der Waals surface area contributed by atoms with Crippen LogP contribution in [0, 0.1) is 3.57 Å². The zero-order valence-electron chi connectivity index (χ0n) is 14.6. The molecule has 4 heterocycles. The first-order valence-electron chi connectivity index (χ1n) is 7.89. The lowest BCUT2D eigenvalue weighted by Gasteiger charge is -2.01. The number of hydrogen-bond acceptors (Lipinski definition) is 6. The molecule has 0 aromatic carbocycles. The van der Waals surface area contributed by atoms with Crippen LogP contribution in [0.1, 0.15) is 0 Å². The fraction of sp³-hybridized carbons (Fsp3) is 0. The van der Waals surface area contributed by atoms with Gasteiger partial charge in [0, 0.05) is 34.3 Å². The number of aromatic nitrogens is 6. The molecule has 0 unspecified atom stereocenters. The largest absolute Gasteiger partial charge is 0.271 e. The number of rotatable bonds is 1. The van der Waals surface area contributed by atoms with Crippen molar-refractivity contribution in [3.05, 3.63) is 108 Å². The molecule has 0 aliphatic rings. The van der Waals surface area contributed by atoms with Gasteiger partial charge >= 0.3 is 0 Å². The molecule has 0 aliphatic heterocycles. The molecule has 0 saturated carbocycles. The van der Waals surface area contributed by atoms with E-state index in [0.717, 1.165) is 3.57 Å². The molecular weight excluding hydrogens is 530 g/mol. The van der Waals surface area contributed by atoms with Crippen molar-refractivity contribution in [3.8, 4) is 5.69 Å². The van der Waals surface area contributed by atoms with E-state index in [2.05, 4.69) is 47.9 Å². The summed E-state index contributed by atoms with van der Waals surface area (Å²) in [6.45, 7) is 0. The number of halogens is 3. The molecule has 0 saturated heterocycles. The summed E-state index contributed by atoms with van der Waals surface area (Å²) in [5, 5.41) is 10.5. The van der Waals surface area contributed by atoms with E-state index < -0.39 is 0 Å². The van der Waals surface area contributed by atoms with Gasteiger partial charge in [-0.2, -0.15) is 14.9 Å². The SMILES string of the molecule is Clc1ccc(I)cn1.O=c1cccn[nH]1.O=c1cccnn1-c1ccc(Cl)nc1. The first-order valence-corrected chi connectivity index (χ1v) is 9.72. The minimum Gasteiger partial charge on any atom is -0.268 e. The van der Waals surface area contributed by atoms with Gasteiger partial charge in [-0.15, -0.1) is 0 Å². The minimum atomic E-state index is -0.198. The van der Waals surface area contributed by atoms with Gasteiger partial charge in [0.05, 0.1) is 11.9 Å². The zero-order chi connectivity index (χ0) is 21.1. The zero-order valence-corrected chi connectivity index (χ0v) is 18.3. The Hall–Kier alpha value is -2.63. The maximum absolute atomic E-state index is 11.3. The second-order valence-corrected chi connectivity index (χ2v) is 7.05. The molecule has 0 aliphatic carbocycles.